The molecule has 0 spiro atoms. The second-order valence-electron chi connectivity index (χ2n) is 6.01. The van der Waals surface area contributed by atoms with E-state index in [1.54, 1.807) is 7.11 Å². The average Bonchev–Trinajstić information content (AvgIpc) is 3.06. The number of benzene rings is 1. The minimum absolute atomic E-state index is 0.196. The molecule has 24 heavy (non-hydrogen) atoms. The number of methoxy groups -OCH3 is 1. The number of amides is 1. The van der Waals surface area contributed by atoms with Crippen LogP contribution in [0.15, 0.2) is 42.5 Å². The fourth-order valence-electron chi connectivity index (χ4n) is 2.91. The molecule has 0 radical (unpaired) electrons. The molecule has 1 aromatic carbocycles. The fourth-order valence-corrected chi connectivity index (χ4v) is 2.91. The number of nitrogens with zero attached hydrogens (tertiary/aromatic N) is 2. The van der Waals surface area contributed by atoms with Crippen molar-refractivity contribution >= 4 is 11.6 Å². The van der Waals surface area contributed by atoms with Gasteiger partial charge < -0.3 is 15.0 Å². The molecule has 1 saturated heterocycles. The highest BCUT2D eigenvalue weighted by Crippen LogP contribution is 2.23. The molecule has 0 saturated carbocycles. The minimum atomic E-state index is 0.196. The molecule has 1 unspecified atom stereocenters. The number of anilines is 1. The van der Waals surface area contributed by atoms with Crippen molar-refractivity contribution in [3.8, 4) is 5.88 Å². The minimum Gasteiger partial charge on any atom is -0.481 e. The van der Waals surface area contributed by atoms with Gasteiger partial charge in [-0.05, 0) is 37.1 Å². The quantitative estimate of drug-likeness (QED) is 0.887. The van der Waals surface area contributed by atoms with E-state index >= 15 is 0 Å². The van der Waals surface area contributed by atoms with Crippen molar-refractivity contribution in [3.05, 3.63) is 53.7 Å². The zero-order valence-electron chi connectivity index (χ0n) is 14.2. The molecule has 1 amide bonds. The van der Waals surface area contributed by atoms with Crippen LogP contribution < -0.4 is 15.0 Å². The van der Waals surface area contributed by atoms with Gasteiger partial charge in [-0.15, -0.1) is 0 Å². The van der Waals surface area contributed by atoms with E-state index in [0.717, 1.165) is 24.3 Å². The van der Waals surface area contributed by atoms with Crippen molar-refractivity contribution in [1.29, 1.82) is 0 Å². The summed E-state index contributed by atoms with van der Waals surface area (Å²) < 4.78 is 5.15. The summed E-state index contributed by atoms with van der Waals surface area (Å²) >= 11 is 0. The number of aromatic nitrogens is 1. The van der Waals surface area contributed by atoms with Crippen LogP contribution in [0.25, 0.3) is 0 Å². The van der Waals surface area contributed by atoms with E-state index < -0.39 is 0 Å². The van der Waals surface area contributed by atoms with Crippen molar-refractivity contribution in [2.45, 2.75) is 32.4 Å². The van der Waals surface area contributed by atoms with Gasteiger partial charge in [-0.1, -0.05) is 18.2 Å². The second kappa shape index (κ2) is 7.45. The molecule has 1 aromatic heterocycles. The lowest BCUT2D eigenvalue weighted by Crippen LogP contribution is -2.23. The van der Waals surface area contributed by atoms with E-state index in [9.17, 15) is 4.79 Å². The Morgan fingerprint density at radius 3 is 2.71 bits per heavy atom. The van der Waals surface area contributed by atoms with Crippen LogP contribution in [0.3, 0.4) is 0 Å². The van der Waals surface area contributed by atoms with Crippen molar-refractivity contribution in [3.63, 3.8) is 0 Å². The van der Waals surface area contributed by atoms with E-state index in [1.807, 2.05) is 35.2 Å². The summed E-state index contributed by atoms with van der Waals surface area (Å²) in [6, 6.07) is 14.2. The maximum Gasteiger partial charge on any atom is 0.227 e. The molecule has 1 fully saturated rings. The van der Waals surface area contributed by atoms with E-state index in [4.69, 9.17) is 4.74 Å². The summed E-state index contributed by atoms with van der Waals surface area (Å²) in [5, 5.41) is 3.47. The Morgan fingerprint density at radius 1 is 1.25 bits per heavy atom. The van der Waals surface area contributed by atoms with Crippen molar-refractivity contribution < 1.29 is 9.53 Å². The number of ether oxygens (including phenoxy) is 1. The lowest BCUT2D eigenvalue weighted by molar-refractivity contribution is -0.117. The maximum atomic E-state index is 11.8. The SMILES string of the molecule is COc1cccc(CNC(C)c2ccc(N3CCCC3=O)cc2)n1. The van der Waals surface area contributed by atoms with Crippen molar-refractivity contribution in [2.24, 2.45) is 0 Å². The highest BCUT2D eigenvalue weighted by atomic mass is 16.5. The van der Waals surface area contributed by atoms with Crippen molar-refractivity contribution in [2.75, 3.05) is 18.6 Å². The van der Waals surface area contributed by atoms with Gasteiger partial charge in [0.2, 0.25) is 11.8 Å². The first kappa shape index (κ1) is 16.5. The topological polar surface area (TPSA) is 54.5 Å². The van der Waals surface area contributed by atoms with Crippen LogP contribution in [0.2, 0.25) is 0 Å². The second-order valence-corrected chi connectivity index (χ2v) is 6.01. The Labute approximate surface area is 142 Å². The molecule has 0 bridgehead atoms. The zero-order chi connectivity index (χ0) is 16.9. The normalized spacial score (nSPS) is 15.6. The highest BCUT2D eigenvalue weighted by Gasteiger charge is 2.21. The number of hydrogen-bond acceptors (Lipinski definition) is 4. The molecule has 5 heteroatoms. The number of rotatable bonds is 6. The third kappa shape index (κ3) is 3.74. The van der Waals surface area contributed by atoms with Gasteiger partial charge in [-0.25, -0.2) is 4.98 Å². The molecule has 1 N–H and O–H groups in total. The van der Waals surface area contributed by atoms with Crippen LogP contribution in [0.1, 0.15) is 37.1 Å². The Balaban J connectivity index is 1.60. The van der Waals surface area contributed by atoms with Crippen LogP contribution in [0.4, 0.5) is 5.69 Å². The average molecular weight is 325 g/mol. The number of nitrogens with one attached hydrogen (secondary N) is 1. The van der Waals surface area contributed by atoms with Crippen LogP contribution >= 0.6 is 0 Å². The third-order valence-electron chi connectivity index (χ3n) is 4.36. The van der Waals surface area contributed by atoms with Gasteiger partial charge >= 0.3 is 0 Å². The summed E-state index contributed by atoms with van der Waals surface area (Å²) in [4.78, 5) is 18.1. The molecule has 2 heterocycles. The molecule has 5 nitrogen and oxygen atoms in total. The maximum absolute atomic E-state index is 11.8. The molecule has 0 aliphatic carbocycles. The van der Waals surface area contributed by atoms with E-state index in [-0.39, 0.29) is 11.9 Å². The molecular formula is C19H23N3O2. The summed E-state index contributed by atoms with van der Waals surface area (Å²) in [5.74, 6) is 0.847. The van der Waals surface area contributed by atoms with Crippen LogP contribution in [0.5, 0.6) is 5.88 Å². The monoisotopic (exact) mass is 325 g/mol. The van der Waals surface area contributed by atoms with E-state index in [0.29, 0.717) is 18.8 Å². The molecular weight excluding hydrogens is 302 g/mol. The largest absolute Gasteiger partial charge is 0.481 e. The smallest absolute Gasteiger partial charge is 0.227 e. The summed E-state index contributed by atoms with van der Waals surface area (Å²) in [6.07, 6.45) is 1.61. The van der Waals surface area contributed by atoms with Gasteiger partial charge in [0, 0.05) is 37.3 Å². The zero-order valence-corrected chi connectivity index (χ0v) is 14.2. The van der Waals surface area contributed by atoms with Gasteiger partial charge in [-0.2, -0.15) is 0 Å². The Hall–Kier alpha value is -2.40. The lowest BCUT2D eigenvalue weighted by Gasteiger charge is -2.18. The first-order chi connectivity index (χ1) is 11.7. The first-order valence-electron chi connectivity index (χ1n) is 8.31. The molecule has 2 aromatic rings. The van der Waals surface area contributed by atoms with Gasteiger partial charge in [0.1, 0.15) is 0 Å². The van der Waals surface area contributed by atoms with Crippen molar-refractivity contribution in [1.82, 2.24) is 10.3 Å². The van der Waals surface area contributed by atoms with E-state index in [2.05, 4.69) is 29.4 Å². The number of carbonyl (C=O) groups excluding carboxylic acids is 1. The van der Waals surface area contributed by atoms with Gasteiger partial charge in [0.25, 0.3) is 0 Å². The van der Waals surface area contributed by atoms with E-state index in [1.165, 1.54) is 5.56 Å². The summed E-state index contributed by atoms with van der Waals surface area (Å²) in [7, 11) is 1.62. The predicted octanol–water partition coefficient (Wildman–Crippen LogP) is 3.07. The molecule has 126 valence electrons. The summed E-state index contributed by atoms with van der Waals surface area (Å²) in [5.41, 5.74) is 3.12. The predicted molar refractivity (Wildman–Crippen MR) is 94.1 cm³/mol. The summed E-state index contributed by atoms with van der Waals surface area (Å²) in [6.45, 7) is 3.62. The number of hydrogen-bond donors (Lipinski definition) is 1. The standard InChI is InChI=1S/C19H23N3O2/c1-14(20-13-16-5-3-6-18(21-16)24-2)15-8-10-17(11-9-15)22-12-4-7-19(22)23/h3,5-6,8-11,14,20H,4,7,12-13H2,1-2H3. The lowest BCUT2D eigenvalue weighted by atomic mass is 10.1. The van der Waals surface area contributed by atoms with Gasteiger partial charge in [0.05, 0.1) is 12.8 Å². The third-order valence-corrected chi connectivity index (χ3v) is 4.36. The molecule has 1 aliphatic heterocycles. The van der Waals surface area contributed by atoms with Gasteiger partial charge in [0.15, 0.2) is 0 Å². The highest BCUT2D eigenvalue weighted by molar-refractivity contribution is 5.95. The van der Waals surface area contributed by atoms with Crippen LogP contribution in [-0.2, 0) is 11.3 Å². The molecule has 3 rings (SSSR count). The number of carbonyl (C=O) groups is 1. The Kier molecular flexibility index (Phi) is 5.11. The first-order valence-corrected chi connectivity index (χ1v) is 8.31. The Bertz CT molecular complexity index is 700. The van der Waals surface area contributed by atoms with Crippen LogP contribution in [0, 0.1) is 0 Å². The fraction of sp³-hybridized carbons (Fsp3) is 0.368. The molecule has 1 aliphatic rings. The van der Waals surface area contributed by atoms with Gasteiger partial charge in [-0.3, -0.25) is 4.79 Å². The molecule has 1 atom stereocenters. The number of pyridine rings is 1. The van der Waals surface area contributed by atoms with Crippen LogP contribution in [-0.4, -0.2) is 24.5 Å². The Morgan fingerprint density at radius 2 is 2.04 bits per heavy atom.